The molecule has 0 aromatic heterocycles. The summed E-state index contributed by atoms with van der Waals surface area (Å²) in [6.45, 7) is 8.81. The van der Waals surface area contributed by atoms with Gasteiger partial charge in [-0.1, -0.05) is 68.1 Å². The first-order valence-corrected chi connectivity index (χ1v) is 14.8. The van der Waals surface area contributed by atoms with Crippen LogP contribution < -0.4 is 0 Å². The molecule has 0 amide bonds. The molecule has 1 saturated heterocycles. The lowest BCUT2D eigenvalue weighted by molar-refractivity contribution is -0.231. The summed E-state index contributed by atoms with van der Waals surface area (Å²) in [4.78, 5) is 0. The molecule has 2 aromatic rings. The maximum absolute atomic E-state index is 10.4. The van der Waals surface area contributed by atoms with Gasteiger partial charge in [-0.05, 0) is 47.6 Å². The molecule has 170 valence electrons. The number of ether oxygens (including phenoxy) is 1. The van der Waals surface area contributed by atoms with E-state index in [1.807, 2.05) is 18.2 Å². The van der Waals surface area contributed by atoms with Crippen molar-refractivity contribution in [3.63, 3.8) is 0 Å². The van der Waals surface area contributed by atoms with Gasteiger partial charge < -0.3 is 25.2 Å². The number of hydrogen-bond donors (Lipinski definition) is 4. The number of rotatable bonds is 7. The minimum absolute atomic E-state index is 0.426. The van der Waals surface area contributed by atoms with Crippen LogP contribution in [0.1, 0.15) is 33.9 Å². The predicted octanol–water partition coefficient (Wildman–Crippen LogP) is 2.98. The molecular weight excluding hydrogens is 408 g/mol. The zero-order valence-electron chi connectivity index (χ0n) is 19.0. The van der Waals surface area contributed by atoms with E-state index < -0.39 is 45.2 Å². The first-order valence-electron chi connectivity index (χ1n) is 11.1. The van der Waals surface area contributed by atoms with Crippen LogP contribution in [0.2, 0.25) is 25.7 Å². The van der Waals surface area contributed by atoms with Crippen LogP contribution in [0.3, 0.4) is 0 Å². The monoisotopic (exact) mass is 444 g/mol. The molecule has 6 heteroatoms. The Morgan fingerprint density at radius 1 is 0.871 bits per heavy atom. The van der Waals surface area contributed by atoms with Gasteiger partial charge in [0, 0.05) is 8.07 Å². The molecule has 1 fully saturated rings. The number of benzene rings is 2. The summed E-state index contributed by atoms with van der Waals surface area (Å²) in [6, 6.07) is 15.9. The third-order valence-corrected chi connectivity index (χ3v) is 7.93. The number of hydrogen-bond acceptors (Lipinski definition) is 5. The molecule has 5 atom stereocenters. The van der Waals surface area contributed by atoms with Gasteiger partial charge in [-0.15, -0.1) is 0 Å². The predicted molar refractivity (Wildman–Crippen MR) is 125 cm³/mol. The Morgan fingerprint density at radius 2 is 1.52 bits per heavy atom. The van der Waals surface area contributed by atoms with Gasteiger partial charge in [-0.3, -0.25) is 0 Å². The van der Waals surface area contributed by atoms with E-state index in [4.69, 9.17) is 4.74 Å². The molecule has 0 saturated carbocycles. The molecule has 2 aromatic carbocycles. The van der Waals surface area contributed by atoms with E-state index >= 15 is 0 Å². The Morgan fingerprint density at radius 3 is 2.13 bits per heavy atom. The van der Waals surface area contributed by atoms with Crippen LogP contribution in [0.25, 0.3) is 0 Å². The van der Waals surface area contributed by atoms with Crippen LogP contribution in [-0.4, -0.2) is 59.5 Å². The second-order valence-electron chi connectivity index (χ2n) is 9.99. The van der Waals surface area contributed by atoms with Crippen LogP contribution in [0, 0.1) is 6.92 Å². The van der Waals surface area contributed by atoms with Gasteiger partial charge in [0.25, 0.3) is 0 Å². The molecule has 1 unspecified atom stereocenters. The Balaban J connectivity index is 1.75. The highest BCUT2D eigenvalue weighted by atomic mass is 28.3. The SMILES string of the molecule is Cc1ccc([C@@H]2OC(CO)[C@@H](O)[C@H](O)[C@H]2O)cc1Cc1ccc(CC[Si](C)(C)C)cc1. The van der Waals surface area contributed by atoms with Crippen molar-refractivity contribution >= 4 is 8.07 Å². The molecule has 5 nitrogen and oxygen atoms in total. The van der Waals surface area contributed by atoms with Crippen molar-refractivity contribution in [3.8, 4) is 0 Å². The van der Waals surface area contributed by atoms with E-state index in [1.165, 1.54) is 17.2 Å². The normalized spacial score (nSPS) is 26.8. The van der Waals surface area contributed by atoms with E-state index in [0.29, 0.717) is 0 Å². The van der Waals surface area contributed by atoms with Crippen molar-refractivity contribution in [2.24, 2.45) is 0 Å². The van der Waals surface area contributed by atoms with Crippen LogP contribution in [0.15, 0.2) is 42.5 Å². The highest BCUT2D eigenvalue weighted by molar-refractivity contribution is 6.76. The summed E-state index contributed by atoms with van der Waals surface area (Å²) >= 11 is 0. The Kier molecular flexibility index (Phi) is 7.73. The average molecular weight is 445 g/mol. The first-order chi connectivity index (χ1) is 14.6. The molecule has 3 rings (SSSR count). The van der Waals surface area contributed by atoms with E-state index in [-0.39, 0.29) is 0 Å². The van der Waals surface area contributed by atoms with Gasteiger partial charge in [0.1, 0.15) is 30.5 Å². The van der Waals surface area contributed by atoms with Crippen LogP contribution in [0.4, 0.5) is 0 Å². The van der Waals surface area contributed by atoms with E-state index in [9.17, 15) is 20.4 Å². The number of aryl methyl sites for hydroxylation is 2. The van der Waals surface area contributed by atoms with Crippen LogP contribution in [-0.2, 0) is 17.6 Å². The molecule has 4 N–H and O–H groups in total. The molecular formula is C25H36O5Si. The Hall–Kier alpha value is -1.54. The summed E-state index contributed by atoms with van der Waals surface area (Å²) < 4.78 is 5.72. The van der Waals surface area contributed by atoms with Crippen molar-refractivity contribution in [2.45, 2.75) is 76.0 Å². The topological polar surface area (TPSA) is 90.2 Å². The van der Waals surface area contributed by atoms with Gasteiger partial charge in [-0.25, -0.2) is 0 Å². The smallest absolute Gasteiger partial charge is 0.113 e. The summed E-state index contributed by atoms with van der Waals surface area (Å²) in [6.07, 6.45) is -3.81. The summed E-state index contributed by atoms with van der Waals surface area (Å²) in [5.74, 6) is 0. The van der Waals surface area contributed by atoms with Crippen molar-refractivity contribution in [1.82, 2.24) is 0 Å². The lowest BCUT2D eigenvalue weighted by atomic mass is 9.89. The van der Waals surface area contributed by atoms with Crippen LogP contribution >= 0.6 is 0 Å². The molecule has 1 aliphatic rings. The van der Waals surface area contributed by atoms with Crippen molar-refractivity contribution < 1.29 is 25.2 Å². The van der Waals surface area contributed by atoms with Gasteiger partial charge in [-0.2, -0.15) is 0 Å². The minimum atomic E-state index is -1.37. The third kappa shape index (κ3) is 6.03. The van der Waals surface area contributed by atoms with Crippen molar-refractivity contribution in [1.29, 1.82) is 0 Å². The molecule has 31 heavy (non-hydrogen) atoms. The molecule has 0 radical (unpaired) electrons. The van der Waals surface area contributed by atoms with Crippen molar-refractivity contribution in [2.75, 3.05) is 6.61 Å². The zero-order chi connectivity index (χ0) is 22.8. The lowest BCUT2D eigenvalue weighted by Crippen LogP contribution is -2.55. The highest BCUT2D eigenvalue weighted by Crippen LogP contribution is 2.33. The van der Waals surface area contributed by atoms with Crippen molar-refractivity contribution in [3.05, 3.63) is 70.3 Å². The fourth-order valence-corrected chi connectivity index (χ4v) is 5.04. The van der Waals surface area contributed by atoms with Crippen LogP contribution in [0.5, 0.6) is 0 Å². The van der Waals surface area contributed by atoms with E-state index in [2.05, 4.69) is 50.8 Å². The lowest BCUT2D eigenvalue weighted by Gasteiger charge is -2.40. The Labute approximate surface area is 186 Å². The minimum Gasteiger partial charge on any atom is -0.394 e. The standard InChI is InChI=1S/C25H36O5Si/c1-16-5-10-19(25-24(29)23(28)22(27)21(15-26)30-25)14-20(16)13-18-8-6-17(7-9-18)11-12-31(2,3)4/h5-10,14,21-29H,11-13,15H2,1-4H3/t21?,22-,23+,24-,25+/m1/s1. The highest BCUT2D eigenvalue weighted by Gasteiger charge is 2.43. The maximum atomic E-state index is 10.4. The number of aliphatic hydroxyl groups is 4. The molecule has 0 aliphatic carbocycles. The zero-order valence-corrected chi connectivity index (χ0v) is 20.0. The maximum Gasteiger partial charge on any atom is 0.113 e. The van der Waals surface area contributed by atoms with E-state index in [0.717, 1.165) is 29.5 Å². The molecule has 1 aliphatic heterocycles. The number of aliphatic hydroxyl groups excluding tert-OH is 4. The van der Waals surface area contributed by atoms with Gasteiger partial charge in [0.05, 0.1) is 6.61 Å². The average Bonchev–Trinajstić information content (AvgIpc) is 2.73. The second-order valence-corrected chi connectivity index (χ2v) is 15.6. The second kappa shape index (κ2) is 9.94. The molecule has 0 bridgehead atoms. The fraction of sp³-hybridized carbons (Fsp3) is 0.520. The Bertz CT molecular complexity index is 859. The summed E-state index contributed by atoms with van der Waals surface area (Å²) in [7, 11) is -1.05. The largest absolute Gasteiger partial charge is 0.394 e. The quantitative estimate of drug-likeness (QED) is 0.493. The van der Waals surface area contributed by atoms with Gasteiger partial charge >= 0.3 is 0 Å². The summed E-state index contributed by atoms with van der Waals surface area (Å²) in [5.41, 5.74) is 5.56. The van der Waals surface area contributed by atoms with Gasteiger partial charge in [0.15, 0.2) is 0 Å². The van der Waals surface area contributed by atoms with Gasteiger partial charge in [0.2, 0.25) is 0 Å². The van der Waals surface area contributed by atoms with E-state index in [1.54, 1.807) is 0 Å². The first kappa shape index (κ1) is 24.1. The molecule has 1 heterocycles. The molecule has 0 spiro atoms. The third-order valence-electron chi connectivity index (χ3n) is 6.18. The fourth-order valence-electron chi connectivity index (χ4n) is 4.00. The summed E-state index contributed by atoms with van der Waals surface area (Å²) in [5, 5.41) is 40.1.